The van der Waals surface area contributed by atoms with Crippen LogP contribution in [0, 0.1) is 0 Å². The highest BCUT2D eigenvalue weighted by molar-refractivity contribution is 5.96. The van der Waals surface area contributed by atoms with Gasteiger partial charge in [0.25, 0.3) is 11.1 Å². The van der Waals surface area contributed by atoms with Crippen molar-refractivity contribution < 1.29 is 0 Å². The SMILES string of the molecule is Cn1c(=O)c(-c2ccc(N)cc2)cc2cc(C(C)(C)C)cc(-c3ccc[nH]c3=O)c21. The monoisotopic (exact) mass is 399 g/mol. The molecule has 2 aromatic heterocycles. The Morgan fingerprint density at radius 3 is 2.23 bits per heavy atom. The van der Waals surface area contributed by atoms with Crippen LogP contribution in [-0.2, 0) is 12.5 Å². The summed E-state index contributed by atoms with van der Waals surface area (Å²) >= 11 is 0. The topological polar surface area (TPSA) is 80.9 Å². The van der Waals surface area contributed by atoms with E-state index in [-0.39, 0.29) is 16.5 Å². The van der Waals surface area contributed by atoms with Gasteiger partial charge >= 0.3 is 0 Å². The highest BCUT2D eigenvalue weighted by Gasteiger charge is 2.20. The lowest BCUT2D eigenvalue weighted by molar-refractivity contribution is 0.591. The molecular formula is C25H25N3O2. The summed E-state index contributed by atoms with van der Waals surface area (Å²) in [7, 11) is 1.75. The van der Waals surface area contributed by atoms with Crippen LogP contribution in [0.5, 0.6) is 0 Å². The van der Waals surface area contributed by atoms with Crippen molar-refractivity contribution in [2.45, 2.75) is 26.2 Å². The molecule has 0 aliphatic rings. The van der Waals surface area contributed by atoms with Crippen LogP contribution in [0.1, 0.15) is 26.3 Å². The van der Waals surface area contributed by atoms with Crippen LogP contribution in [0.15, 0.2) is 70.4 Å². The Morgan fingerprint density at radius 2 is 1.60 bits per heavy atom. The molecule has 30 heavy (non-hydrogen) atoms. The first-order valence-corrected chi connectivity index (χ1v) is 9.89. The summed E-state index contributed by atoms with van der Waals surface area (Å²) in [5.41, 5.74) is 10.6. The molecule has 0 bridgehead atoms. The molecule has 0 saturated heterocycles. The number of aryl methyl sites for hydroxylation is 1. The maximum absolute atomic E-state index is 13.3. The van der Waals surface area contributed by atoms with Crippen LogP contribution >= 0.6 is 0 Å². The van der Waals surface area contributed by atoms with Crippen molar-refractivity contribution in [2.75, 3.05) is 5.73 Å². The Labute approximate surface area is 174 Å². The minimum Gasteiger partial charge on any atom is -0.399 e. The standard InChI is InChI=1S/C25H25N3O2/c1-25(2,3)17-12-16-13-20(15-7-9-18(26)10-8-15)24(30)28(4)22(16)21(14-17)19-6-5-11-27-23(19)29/h5-14H,26H2,1-4H3,(H,27,29). The quantitative estimate of drug-likeness (QED) is 0.489. The Bertz CT molecular complexity index is 1370. The van der Waals surface area contributed by atoms with Gasteiger partial charge in [-0.15, -0.1) is 0 Å². The summed E-state index contributed by atoms with van der Waals surface area (Å²) in [4.78, 5) is 28.6. The van der Waals surface area contributed by atoms with Crippen LogP contribution in [0.25, 0.3) is 33.2 Å². The average molecular weight is 399 g/mol. The number of rotatable bonds is 2. The maximum atomic E-state index is 13.3. The molecule has 0 unspecified atom stereocenters. The van der Waals surface area contributed by atoms with Crippen molar-refractivity contribution in [2.24, 2.45) is 7.05 Å². The molecule has 0 atom stereocenters. The molecule has 5 nitrogen and oxygen atoms in total. The van der Waals surface area contributed by atoms with E-state index in [4.69, 9.17) is 5.73 Å². The van der Waals surface area contributed by atoms with Crippen LogP contribution in [0.3, 0.4) is 0 Å². The van der Waals surface area contributed by atoms with Crippen molar-refractivity contribution in [3.05, 3.63) is 87.1 Å². The molecule has 0 saturated carbocycles. The van der Waals surface area contributed by atoms with E-state index in [2.05, 4.69) is 31.8 Å². The van der Waals surface area contributed by atoms with E-state index in [0.717, 1.165) is 27.6 Å². The van der Waals surface area contributed by atoms with Crippen molar-refractivity contribution >= 4 is 16.6 Å². The molecular weight excluding hydrogens is 374 g/mol. The summed E-state index contributed by atoms with van der Waals surface area (Å²) in [5, 5.41) is 0.912. The fourth-order valence-electron chi connectivity index (χ4n) is 3.78. The van der Waals surface area contributed by atoms with Crippen LogP contribution < -0.4 is 16.9 Å². The lowest BCUT2D eigenvalue weighted by Crippen LogP contribution is -2.21. The summed E-state index contributed by atoms with van der Waals surface area (Å²) in [6.07, 6.45) is 1.61. The number of hydrogen-bond donors (Lipinski definition) is 2. The molecule has 0 aliphatic heterocycles. The molecule has 0 fully saturated rings. The van der Waals surface area contributed by atoms with Gasteiger partial charge in [-0.25, -0.2) is 0 Å². The number of aromatic nitrogens is 2. The number of anilines is 1. The Hall–Kier alpha value is -3.60. The number of H-pyrrole nitrogens is 1. The number of nitrogens with one attached hydrogen (secondary N) is 1. The Kier molecular flexibility index (Phi) is 4.61. The van der Waals surface area contributed by atoms with Crippen LogP contribution in [-0.4, -0.2) is 9.55 Å². The molecule has 4 aromatic rings. The minimum absolute atomic E-state index is 0.121. The van der Waals surface area contributed by atoms with Crippen molar-refractivity contribution in [1.82, 2.24) is 9.55 Å². The molecule has 3 N–H and O–H groups in total. The average Bonchev–Trinajstić information content (AvgIpc) is 2.70. The zero-order valence-electron chi connectivity index (χ0n) is 17.6. The second-order valence-corrected chi connectivity index (χ2v) is 8.67. The largest absolute Gasteiger partial charge is 0.399 e. The first-order chi connectivity index (χ1) is 14.2. The third-order valence-corrected chi connectivity index (χ3v) is 5.51. The number of pyridine rings is 2. The van der Waals surface area contributed by atoms with Gasteiger partial charge < -0.3 is 15.3 Å². The van der Waals surface area contributed by atoms with E-state index in [9.17, 15) is 9.59 Å². The Balaban J connectivity index is 2.13. The van der Waals surface area contributed by atoms with E-state index in [1.165, 1.54) is 0 Å². The summed E-state index contributed by atoms with van der Waals surface area (Å²) in [6.45, 7) is 6.40. The van der Waals surface area contributed by atoms with Gasteiger partial charge in [0.05, 0.1) is 5.52 Å². The van der Waals surface area contributed by atoms with E-state index in [1.54, 1.807) is 42.1 Å². The summed E-state index contributed by atoms with van der Waals surface area (Å²) in [5.74, 6) is 0. The highest BCUT2D eigenvalue weighted by atomic mass is 16.1. The van der Waals surface area contributed by atoms with E-state index in [1.807, 2.05) is 24.3 Å². The summed E-state index contributed by atoms with van der Waals surface area (Å²) in [6, 6.07) is 16.9. The van der Waals surface area contributed by atoms with Gasteiger partial charge in [-0.3, -0.25) is 9.59 Å². The zero-order chi connectivity index (χ0) is 21.6. The molecule has 2 aromatic carbocycles. The third kappa shape index (κ3) is 3.32. The first kappa shape index (κ1) is 19.7. The zero-order valence-corrected chi connectivity index (χ0v) is 17.6. The number of nitrogens with two attached hydrogens (primary N) is 1. The highest BCUT2D eigenvalue weighted by Crippen LogP contribution is 2.34. The van der Waals surface area contributed by atoms with Gasteiger partial charge in [-0.05, 0) is 64.4 Å². The molecule has 2 heterocycles. The van der Waals surface area contributed by atoms with Gasteiger partial charge in [0, 0.05) is 35.6 Å². The second kappa shape index (κ2) is 7.02. The first-order valence-electron chi connectivity index (χ1n) is 9.89. The van der Waals surface area contributed by atoms with E-state index < -0.39 is 0 Å². The number of nitrogen functional groups attached to an aromatic ring is 1. The molecule has 5 heteroatoms. The number of nitrogens with zero attached hydrogens (tertiary/aromatic N) is 1. The number of aromatic amines is 1. The fourth-order valence-corrected chi connectivity index (χ4v) is 3.78. The van der Waals surface area contributed by atoms with Crippen molar-refractivity contribution in [3.8, 4) is 22.3 Å². The Morgan fingerprint density at radius 1 is 0.900 bits per heavy atom. The molecule has 152 valence electrons. The molecule has 0 radical (unpaired) electrons. The van der Waals surface area contributed by atoms with Gasteiger partial charge in [-0.2, -0.15) is 0 Å². The molecule has 0 amide bonds. The normalized spacial score (nSPS) is 11.7. The minimum atomic E-state index is -0.181. The number of hydrogen-bond acceptors (Lipinski definition) is 3. The van der Waals surface area contributed by atoms with E-state index >= 15 is 0 Å². The van der Waals surface area contributed by atoms with Crippen molar-refractivity contribution in [1.29, 1.82) is 0 Å². The van der Waals surface area contributed by atoms with Gasteiger partial charge in [0.1, 0.15) is 0 Å². The molecule has 0 spiro atoms. The predicted octanol–water partition coefficient (Wildman–Crippen LogP) is 4.44. The van der Waals surface area contributed by atoms with Gasteiger partial charge in [-0.1, -0.05) is 32.9 Å². The maximum Gasteiger partial charge on any atom is 0.258 e. The van der Waals surface area contributed by atoms with Gasteiger partial charge in [0.15, 0.2) is 0 Å². The summed E-state index contributed by atoms with van der Waals surface area (Å²) < 4.78 is 1.63. The lowest BCUT2D eigenvalue weighted by atomic mass is 9.84. The fraction of sp³-hybridized carbons (Fsp3) is 0.200. The predicted molar refractivity (Wildman–Crippen MR) is 124 cm³/mol. The molecule has 4 rings (SSSR count). The lowest BCUT2D eigenvalue weighted by Gasteiger charge is -2.22. The van der Waals surface area contributed by atoms with Gasteiger partial charge in [0.2, 0.25) is 0 Å². The second-order valence-electron chi connectivity index (χ2n) is 8.67. The molecule has 0 aliphatic carbocycles. The van der Waals surface area contributed by atoms with Crippen LogP contribution in [0.2, 0.25) is 0 Å². The third-order valence-electron chi connectivity index (χ3n) is 5.51. The van der Waals surface area contributed by atoms with E-state index in [0.29, 0.717) is 16.8 Å². The number of fused-ring (bicyclic) bond motifs is 1. The van der Waals surface area contributed by atoms with Crippen LogP contribution in [0.4, 0.5) is 5.69 Å². The smallest absolute Gasteiger partial charge is 0.258 e. The number of benzene rings is 2. The van der Waals surface area contributed by atoms with Crippen molar-refractivity contribution in [3.63, 3.8) is 0 Å².